The zero-order valence-electron chi connectivity index (χ0n) is 16.3. The highest BCUT2D eigenvalue weighted by molar-refractivity contribution is 6.08. The van der Waals surface area contributed by atoms with Gasteiger partial charge in [-0.05, 0) is 45.0 Å². The van der Waals surface area contributed by atoms with Gasteiger partial charge in [-0.1, -0.05) is 30.3 Å². The van der Waals surface area contributed by atoms with Crippen LogP contribution in [0, 0.1) is 0 Å². The molecule has 144 valence electrons. The Morgan fingerprint density at radius 1 is 0.963 bits per heavy atom. The molecule has 5 heteroatoms. The number of ether oxygens (including phenoxy) is 1. The highest BCUT2D eigenvalue weighted by Gasteiger charge is 2.12. The van der Waals surface area contributed by atoms with Crippen molar-refractivity contribution in [1.29, 1.82) is 0 Å². The summed E-state index contributed by atoms with van der Waals surface area (Å²) in [6.45, 7) is 8.07. The van der Waals surface area contributed by atoms with E-state index in [4.69, 9.17) is 4.74 Å². The second-order valence-electron chi connectivity index (χ2n) is 7.57. The van der Waals surface area contributed by atoms with Crippen LogP contribution in [0.25, 0.3) is 0 Å². The molecule has 1 amide bonds. The van der Waals surface area contributed by atoms with Gasteiger partial charge in [0.1, 0.15) is 5.75 Å². The molecule has 0 aromatic heterocycles. The van der Waals surface area contributed by atoms with Crippen molar-refractivity contribution in [3.05, 3.63) is 65.7 Å². The molecule has 2 rings (SSSR count). The zero-order chi connectivity index (χ0) is 19.7. The number of quaternary nitrogens is 1. The second-order valence-corrected chi connectivity index (χ2v) is 7.57. The summed E-state index contributed by atoms with van der Waals surface area (Å²) < 4.78 is 5.49. The maximum atomic E-state index is 12.3. The molecule has 0 fully saturated rings. The molecule has 0 aliphatic rings. The van der Waals surface area contributed by atoms with Gasteiger partial charge in [-0.15, -0.1) is 0 Å². The van der Waals surface area contributed by atoms with Gasteiger partial charge in [0, 0.05) is 24.1 Å². The Hall–Kier alpha value is -2.66. The number of nitrogens with two attached hydrogens (primary N) is 1. The molecule has 0 spiro atoms. The molecule has 0 aliphatic heterocycles. The molecular formula is C22H29N2O3+. The average Bonchev–Trinajstić information content (AvgIpc) is 2.66. The number of hydrogen-bond acceptors (Lipinski definition) is 3. The summed E-state index contributed by atoms with van der Waals surface area (Å²) in [6.07, 6.45) is 0.916. The molecule has 2 aromatic carbocycles. The first-order chi connectivity index (χ1) is 12.8. The molecule has 0 atom stereocenters. The van der Waals surface area contributed by atoms with E-state index < -0.39 is 0 Å². The number of nitrogens with one attached hydrogen (secondary N) is 1. The van der Waals surface area contributed by atoms with Gasteiger partial charge in [-0.25, -0.2) is 0 Å². The van der Waals surface area contributed by atoms with Gasteiger partial charge in [0.2, 0.25) is 0 Å². The Morgan fingerprint density at radius 3 is 2.22 bits per heavy atom. The molecule has 5 nitrogen and oxygen atoms in total. The lowest BCUT2D eigenvalue weighted by Crippen LogP contribution is -2.94. The Morgan fingerprint density at radius 2 is 1.59 bits per heavy atom. The second kappa shape index (κ2) is 9.88. The van der Waals surface area contributed by atoms with Crippen LogP contribution in [0.3, 0.4) is 0 Å². The maximum Gasteiger partial charge on any atom is 0.257 e. The molecule has 2 aromatic rings. The van der Waals surface area contributed by atoms with Crippen LogP contribution < -0.4 is 15.4 Å². The van der Waals surface area contributed by atoms with Crippen molar-refractivity contribution in [2.45, 2.75) is 32.7 Å². The van der Waals surface area contributed by atoms with Crippen LogP contribution in [0.5, 0.6) is 5.75 Å². The third-order valence-corrected chi connectivity index (χ3v) is 3.98. The van der Waals surface area contributed by atoms with Crippen molar-refractivity contribution in [2.24, 2.45) is 0 Å². The largest absolute Gasteiger partial charge is 0.484 e. The minimum absolute atomic E-state index is 0.0328. The van der Waals surface area contributed by atoms with E-state index in [1.807, 2.05) is 18.2 Å². The Labute approximate surface area is 161 Å². The summed E-state index contributed by atoms with van der Waals surface area (Å²) in [7, 11) is 0. The number of rotatable bonds is 9. The van der Waals surface area contributed by atoms with Crippen molar-refractivity contribution < 1.29 is 19.6 Å². The topological polar surface area (TPSA) is 72.0 Å². The highest BCUT2D eigenvalue weighted by Crippen LogP contribution is 2.15. The van der Waals surface area contributed by atoms with Crippen molar-refractivity contribution in [3.63, 3.8) is 0 Å². The van der Waals surface area contributed by atoms with Crippen LogP contribution in [-0.4, -0.2) is 36.9 Å². The lowest BCUT2D eigenvalue weighted by Gasteiger charge is -2.16. The molecule has 0 saturated carbocycles. The number of benzene rings is 2. The predicted octanol–water partition coefficient (Wildman–Crippen LogP) is 2.16. The fourth-order valence-corrected chi connectivity index (χ4v) is 2.52. The fourth-order valence-electron chi connectivity index (χ4n) is 2.52. The van der Waals surface area contributed by atoms with Crippen LogP contribution in [0.2, 0.25) is 0 Å². The Bertz CT molecular complexity index is 734. The van der Waals surface area contributed by atoms with E-state index in [-0.39, 0.29) is 23.8 Å². The molecule has 3 N–H and O–H groups in total. The van der Waals surface area contributed by atoms with Gasteiger partial charge in [0.05, 0.1) is 12.1 Å². The normalized spacial score (nSPS) is 11.1. The summed E-state index contributed by atoms with van der Waals surface area (Å²) in [6, 6.07) is 16.0. The third kappa shape index (κ3) is 7.62. The van der Waals surface area contributed by atoms with Gasteiger partial charge in [0.25, 0.3) is 5.91 Å². The van der Waals surface area contributed by atoms with E-state index in [1.165, 1.54) is 0 Å². The average molecular weight is 369 g/mol. The molecule has 0 saturated heterocycles. The highest BCUT2D eigenvalue weighted by atomic mass is 16.5. The maximum absolute atomic E-state index is 12.3. The number of ketones is 1. The first kappa shape index (κ1) is 20.6. The number of carbonyl (C=O) groups is 2. The Kier molecular flexibility index (Phi) is 7.55. The summed E-state index contributed by atoms with van der Waals surface area (Å²) in [4.78, 5) is 24.2. The van der Waals surface area contributed by atoms with Gasteiger partial charge in [-0.3, -0.25) is 9.59 Å². The van der Waals surface area contributed by atoms with Crippen LogP contribution in [0.1, 0.15) is 43.1 Å². The molecular weight excluding hydrogens is 340 g/mol. The summed E-state index contributed by atoms with van der Waals surface area (Å²) in [5.74, 6) is 0.387. The molecule has 0 bridgehead atoms. The van der Waals surface area contributed by atoms with E-state index in [0.717, 1.165) is 13.0 Å². The van der Waals surface area contributed by atoms with Crippen LogP contribution in [-0.2, 0) is 4.79 Å². The van der Waals surface area contributed by atoms with Crippen LogP contribution in [0.4, 0.5) is 0 Å². The summed E-state index contributed by atoms with van der Waals surface area (Å²) >= 11 is 0. The van der Waals surface area contributed by atoms with E-state index in [9.17, 15) is 9.59 Å². The molecule has 27 heavy (non-hydrogen) atoms. The quantitative estimate of drug-likeness (QED) is 0.526. The minimum Gasteiger partial charge on any atom is -0.484 e. The smallest absolute Gasteiger partial charge is 0.257 e. The van der Waals surface area contributed by atoms with Crippen molar-refractivity contribution >= 4 is 11.7 Å². The Balaban J connectivity index is 1.72. The van der Waals surface area contributed by atoms with Crippen LogP contribution in [0.15, 0.2) is 54.6 Å². The van der Waals surface area contributed by atoms with Crippen molar-refractivity contribution in [3.8, 4) is 5.75 Å². The molecule has 0 radical (unpaired) electrons. The monoisotopic (exact) mass is 369 g/mol. The minimum atomic E-state index is -0.143. The first-order valence-electron chi connectivity index (χ1n) is 9.29. The fraction of sp³-hybridized carbons (Fsp3) is 0.364. The van der Waals surface area contributed by atoms with E-state index in [1.54, 1.807) is 36.4 Å². The van der Waals surface area contributed by atoms with E-state index in [2.05, 4.69) is 31.4 Å². The first-order valence-corrected chi connectivity index (χ1v) is 9.29. The van der Waals surface area contributed by atoms with Gasteiger partial charge in [0.15, 0.2) is 12.4 Å². The lowest BCUT2D eigenvalue weighted by molar-refractivity contribution is -0.717. The van der Waals surface area contributed by atoms with Gasteiger partial charge in [-0.2, -0.15) is 0 Å². The van der Waals surface area contributed by atoms with Gasteiger partial charge < -0.3 is 15.4 Å². The number of amides is 1. The molecule has 0 aliphatic carbocycles. The number of hydrogen-bond donors (Lipinski definition) is 2. The number of carbonyl (C=O) groups excluding carboxylic acids is 2. The van der Waals surface area contributed by atoms with Crippen molar-refractivity contribution in [2.75, 3.05) is 19.7 Å². The zero-order valence-corrected chi connectivity index (χ0v) is 16.3. The van der Waals surface area contributed by atoms with Crippen molar-refractivity contribution in [1.82, 2.24) is 5.32 Å². The SMILES string of the molecule is CC(C)(C)[NH2+]CCCNC(=O)COc1ccc(C(=O)c2ccccc2)cc1. The standard InChI is InChI=1S/C22H28N2O3/c1-22(2,3)24-15-7-14-23-20(25)16-27-19-12-10-18(11-13-19)21(26)17-8-5-4-6-9-17/h4-6,8-13,24H,7,14-16H2,1-3H3,(H,23,25)/p+1. The molecule has 0 heterocycles. The predicted molar refractivity (Wildman–Crippen MR) is 106 cm³/mol. The summed E-state index contributed by atoms with van der Waals surface area (Å²) in [5, 5.41) is 5.11. The molecule has 0 unspecified atom stereocenters. The third-order valence-electron chi connectivity index (χ3n) is 3.98. The lowest BCUT2D eigenvalue weighted by atomic mass is 10.0. The van der Waals surface area contributed by atoms with E-state index in [0.29, 0.717) is 23.4 Å². The summed E-state index contributed by atoms with van der Waals surface area (Å²) in [5.41, 5.74) is 1.45. The van der Waals surface area contributed by atoms with Gasteiger partial charge >= 0.3 is 0 Å². The van der Waals surface area contributed by atoms with E-state index >= 15 is 0 Å². The van der Waals surface area contributed by atoms with Crippen LogP contribution >= 0.6 is 0 Å².